The maximum atomic E-state index is 13.5. The van der Waals surface area contributed by atoms with E-state index in [-0.39, 0.29) is 29.8 Å². The molecule has 0 bridgehead atoms. The first kappa shape index (κ1) is 24.3. The second kappa shape index (κ2) is 11.0. The summed E-state index contributed by atoms with van der Waals surface area (Å²) in [5, 5.41) is 10.8. The van der Waals surface area contributed by atoms with Crippen LogP contribution in [0, 0.1) is 6.92 Å². The highest BCUT2D eigenvalue weighted by Crippen LogP contribution is 2.28. The van der Waals surface area contributed by atoms with E-state index in [1.165, 1.54) is 0 Å². The molecule has 2 saturated heterocycles. The molecule has 2 N–H and O–H groups in total. The van der Waals surface area contributed by atoms with Crippen LogP contribution in [0.1, 0.15) is 43.0 Å². The van der Waals surface area contributed by atoms with Crippen LogP contribution in [0.3, 0.4) is 0 Å². The van der Waals surface area contributed by atoms with E-state index < -0.39 is 6.43 Å². The van der Waals surface area contributed by atoms with Gasteiger partial charge in [-0.15, -0.1) is 0 Å². The summed E-state index contributed by atoms with van der Waals surface area (Å²) in [5.74, 6) is 0.256. The summed E-state index contributed by atoms with van der Waals surface area (Å²) in [7, 11) is 2.12. The third-order valence-corrected chi connectivity index (χ3v) is 6.26. The summed E-state index contributed by atoms with van der Waals surface area (Å²) < 4.78 is 34.1. The molecule has 186 valence electrons. The standard InChI is InChI=1S/C22H32F2N8O2/c1-15-18(13-32(29-15)16-4-8-30(2)9-5-16)27-22-26-12-17(20(23)24)21(28-22)25-6-3-7-31-10-11-34-14-19(31)33/h12-13,16,20H,3-11,14H2,1-2H3,(H2,25,26,27,28). The molecule has 0 unspecified atom stereocenters. The van der Waals surface area contributed by atoms with Crippen molar-refractivity contribution >= 4 is 23.4 Å². The van der Waals surface area contributed by atoms with Crippen molar-refractivity contribution in [1.82, 2.24) is 29.5 Å². The van der Waals surface area contributed by atoms with Crippen LogP contribution in [0.15, 0.2) is 12.4 Å². The molecule has 1 amide bonds. The lowest BCUT2D eigenvalue weighted by Gasteiger charge is -2.28. The van der Waals surface area contributed by atoms with Gasteiger partial charge in [0.15, 0.2) is 0 Å². The van der Waals surface area contributed by atoms with Gasteiger partial charge in [-0.2, -0.15) is 10.1 Å². The average Bonchev–Trinajstić information content (AvgIpc) is 3.18. The molecule has 12 heteroatoms. The van der Waals surface area contributed by atoms with Crippen LogP contribution < -0.4 is 10.6 Å². The third kappa shape index (κ3) is 5.98. The van der Waals surface area contributed by atoms with Crippen molar-refractivity contribution < 1.29 is 18.3 Å². The van der Waals surface area contributed by atoms with Crippen LogP contribution in [0.4, 0.5) is 26.2 Å². The highest BCUT2D eigenvalue weighted by Gasteiger charge is 2.22. The number of anilines is 3. The Morgan fingerprint density at radius 1 is 1.26 bits per heavy atom. The number of likely N-dealkylation sites (tertiary alicyclic amines) is 1. The molecule has 0 spiro atoms. The van der Waals surface area contributed by atoms with Crippen molar-refractivity contribution in [2.75, 3.05) is 63.6 Å². The van der Waals surface area contributed by atoms with Crippen LogP contribution in [-0.2, 0) is 9.53 Å². The number of rotatable bonds is 9. The van der Waals surface area contributed by atoms with Crippen molar-refractivity contribution in [2.24, 2.45) is 0 Å². The van der Waals surface area contributed by atoms with Crippen molar-refractivity contribution in [1.29, 1.82) is 0 Å². The van der Waals surface area contributed by atoms with Crippen LogP contribution in [0.2, 0.25) is 0 Å². The molecule has 2 aliphatic rings. The van der Waals surface area contributed by atoms with Crippen LogP contribution in [-0.4, -0.2) is 88.4 Å². The summed E-state index contributed by atoms with van der Waals surface area (Å²) >= 11 is 0. The number of nitrogens with one attached hydrogen (secondary N) is 2. The number of aromatic nitrogens is 4. The summed E-state index contributed by atoms with van der Waals surface area (Å²) in [4.78, 5) is 24.2. The van der Waals surface area contributed by atoms with Crippen LogP contribution in [0.25, 0.3) is 0 Å². The van der Waals surface area contributed by atoms with Crippen LogP contribution in [0.5, 0.6) is 0 Å². The number of halogens is 2. The minimum atomic E-state index is -2.70. The second-order valence-electron chi connectivity index (χ2n) is 8.78. The van der Waals surface area contributed by atoms with E-state index in [4.69, 9.17) is 4.74 Å². The molecular weight excluding hydrogens is 446 g/mol. The molecule has 2 fully saturated rings. The molecule has 0 saturated carbocycles. The number of nitrogens with zero attached hydrogens (tertiary/aromatic N) is 6. The summed E-state index contributed by atoms with van der Waals surface area (Å²) in [5.41, 5.74) is 1.29. The normalized spacial score (nSPS) is 18.0. The Bertz CT molecular complexity index is 978. The predicted octanol–water partition coefficient (Wildman–Crippen LogP) is 2.59. The summed E-state index contributed by atoms with van der Waals surface area (Å²) in [6.07, 6.45) is 3.03. The number of aryl methyl sites for hydroxylation is 1. The number of morpholine rings is 1. The first-order valence-corrected chi connectivity index (χ1v) is 11.7. The van der Waals surface area contributed by atoms with E-state index >= 15 is 0 Å². The quantitative estimate of drug-likeness (QED) is 0.531. The Kier molecular flexibility index (Phi) is 7.88. The molecule has 34 heavy (non-hydrogen) atoms. The van der Waals surface area contributed by atoms with Gasteiger partial charge in [0.25, 0.3) is 6.43 Å². The van der Waals surface area contributed by atoms with Gasteiger partial charge in [0, 0.05) is 32.0 Å². The van der Waals surface area contributed by atoms with Gasteiger partial charge in [-0.05, 0) is 46.3 Å². The molecule has 2 aliphatic heterocycles. The van der Waals surface area contributed by atoms with Gasteiger partial charge in [-0.3, -0.25) is 9.48 Å². The van der Waals surface area contributed by atoms with Crippen molar-refractivity contribution in [2.45, 2.75) is 38.7 Å². The number of amides is 1. The van der Waals surface area contributed by atoms with Gasteiger partial charge >= 0.3 is 0 Å². The molecular formula is C22H32F2N8O2. The van der Waals surface area contributed by atoms with E-state index in [2.05, 4.69) is 37.6 Å². The number of alkyl halides is 2. The predicted molar refractivity (Wildman–Crippen MR) is 124 cm³/mol. The fourth-order valence-corrected chi connectivity index (χ4v) is 4.19. The molecule has 0 atom stereocenters. The Hall–Kier alpha value is -2.86. The summed E-state index contributed by atoms with van der Waals surface area (Å²) in [6.45, 7) is 6.04. The lowest BCUT2D eigenvalue weighted by atomic mass is 10.1. The smallest absolute Gasteiger partial charge is 0.268 e. The minimum Gasteiger partial charge on any atom is -0.370 e. The van der Waals surface area contributed by atoms with E-state index in [0.29, 0.717) is 38.7 Å². The number of hydrogen-bond donors (Lipinski definition) is 2. The molecule has 0 radical (unpaired) electrons. The number of hydrogen-bond acceptors (Lipinski definition) is 8. The van der Waals surface area contributed by atoms with Gasteiger partial charge in [0.05, 0.1) is 29.6 Å². The maximum Gasteiger partial charge on any atom is 0.268 e. The Morgan fingerprint density at radius 2 is 2.06 bits per heavy atom. The Morgan fingerprint density at radius 3 is 2.79 bits per heavy atom. The molecule has 4 rings (SSSR count). The molecule has 0 aromatic carbocycles. The fourth-order valence-electron chi connectivity index (χ4n) is 4.19. The fraction of sp³-hybridized carbons (Fsp3) is 0.636. The molecule has 10 nitrogen and oxygen atoms in total. The molecule has 2 aromatic rings. The zero-order chi connectivity index (χ0) is 24.1. The SMILES string of the molecule is Cc1nn(C2CCN(C)CC2)cc1Nc1ncc(C(F)F)c(NCCCN2CCOCC2=O)n1. The van der Waals surface area contributed by atoms with Gasteiger partial charge in [-0.25, -0.2) is 13.8 Å². The van der Waals surface area contributed by atoms with Gasteiger partial charge in [0.1, 0.15) is 12.4 Å². The lowest BCUT2D eigenvalue weighted by Crippen LogP contribution is -2.42. The Labute approximate surface area is 197 Å². The Balaban J connectivity index is 1.39. The number of piperidine rings is 1. The molecule has 4 heterocycles. The third-order valence-electron chi connectivity index (χ3n) is 6.26. The summed E-state index contributed by atoms with van der Waals surface area (Å²) in [6, 6.07) is 0.336. The second-order valence-corrected chi connectivity index (χ2v) is 8.78. The molecule has 0 aliphatic carbocycles. The molecule has 2 aromatic heterocycles. The highest BCUT2D eigenvalue weighted by atomic mass is 19.3. The first-order valence-electron chi connectivity index (χ1n) is 11.7. The van der Waals surface area contributed by atoms with Crippen molar-refractivity contribution in [3.05, 3.63) is 23.7 Å². The average molecular weight is 479 g/mol. The van der Waals surface area contributed by atoms with Crippen LogP contribution >= 0.6 is 0 Å². The monoisotopic (exact) mass is 478 g/mol. The highest BCUT2D eigenvalue weighted by molar-refractivity contribution is 5.77. The van der Waals surface area contributed by atoms with E-state index in [0.717, 1.165) is 43.5 Å². The zero-order valence-corrected chi connectivity index (χ0v) is 19.6. The van der Waals surface area contributed by atoms with Gasteiger partial charge in [0.2, 0.25) is 11.9 Å². The van der Waals surface area contributed by atoms with Crippen molar-refractivity contribution in [3.8, 4) is 0 Å². The number of carbonyl (C=O) groups is 1. The van der Waals surface area contributed by atoms with E-state index in [9.17, 15) is 13.6 Å². The van der Waals surface area contributed by atoms with E-state index in [1.807, 2.05) is 17.8 Å². The number of ether oxygens (including phenoxy) is 1. The van der Waals surface area contributed by atoms with Crippen molar-refractivity contribution in [3.63, 3.8) is 0 Å². The maximum absolute atomic E-state index is 13.5. The zero-order valence-electron chi connectivity index (χ0n) is 19.6. The largest absolute Gasteiger partial charge is 0.370 e. The number of carbonyl (C=O) groups excluding carboxylic acids is 1. The van der Waals surface area contributed by atoms with Gasteiger partial charge < -0.3 is 25.2 Å². The van der Waals surface area contributed by atoms with Gasteiger partial charge in [-0.1, -0.05) is 0 Å². The minimum absolute atomic E-state index is 0.0517. The topological polar surface area (TPSA) is 100 Å². The lowest BCUT2D eigenvalue weighted by molar-refractivity contribution is -0.142. The van der Waals surface area contributed by atoms with E-state index in [1.54, 1.807) is 4.90 Å². The first-order chi connectivity index (χ1) is 16.4.